The number of allylic oxidation sites excluding steroid dienone is 3. The molecule has 0 aromatic carbocycles. The van der Waals surface area contributed by atoms with Gasteiger partial charge in [0.1, 0.15) is 0 Å². The summed E-state index contributed by atoms with van der Waals surface area (Å²) in [6.07, 6.45) is 4.19. The summed E-state index contributed by atoms with van der Waals surface area (Å²) < 4.78 is 0. The summed E-state index contributed by atoms with van der Waals surface area (Å²) in [5.41, 5.74) is 2.46. The molecule has 0 bridgehead atoms. The normalized spacial score (nSPS) is 14.3. The van der Waals surface area contributed by atoms with Crippen molar-refractivity contribution in [3.05, 3.63) is 23.8 Å². The summed E-state index contributed by atoms with van der Waals surface area (Å²) in [7, 11) is 0. The maximum Gasteiger partial charge on any atom is 0.0177 e. The minimum atomic E-state index is 0.534. The van der Waals surface area contributed by atoms with Gasteiger partial charge >= 0.3 is 0 Å². The summed E-state index contributed by atoms with van der Waals surface area (Å²) in [5.74, 6) is 0.534. The van der Waals surface area contributed by atoms with Crippen molar-refractivity contribution in [2.45, 2.75) is 27.2 Å². The van der Waals surface area contributed by atoms with E-state index in [-0.39, 0.29) is 0 Å². The first-order chi connectivity index (χ1) is 5.07. The van der Waals surface area contributed by atoms with Crippen molar-refractivity contribution in [3.8, 4) is 0 Å². The molecule has 11 heavy (non-hydrogen) atoms. The Morgan fingerprint density at radius 3 is 2.45 bits per heavy atom. The quantitative estimate of drug-likeness (QED) is 0.471. The van der Waals surface area contributed by atoms with Gasteiger partial charge in [-0.05, 0) is 32.3 Å². The van der Waals surface area contributed by atoms with Crippen LogP contribution in [-0.2, 0) is 0 Å². The Bertz CT molecular complexity index is 177. The Labute approximate surface area is 69.3 Å². The predicted octanol–water partition coefficient (Wildman–Crippen LogP) is 3.18. The molecule has 0 spiro atoms. The first-order valence-electron chi connectivity index (χ1n) is 3.89. The van der Waals surface area contributed by atoms with Crippen LogP contribution in [-0.4, -0.2) is 6.21 Å². The molecule has 0 aromatic rings. The maximum absolute atomic E-state index is 6.86. The smallest absolute Gasteiger partial charge is 0.0177 e. The molecule has 1 heteroatoms. The van der Waals surface area contributed by atoms with E-state index in [9.17, 15) is 0 Å². The van der Waals surface area contributed by atoms with Gasteiger partial charge in [-0.2, -0.15) is 0 Å². The zero-order valence-electron chi connectivity index (χ0n) is 7.65. The zero-order valence-corrected chi connectivity index (χ0v) is 7.65. The van der Waals surface area contributed by atoms with Gasteiger partial charge in [-0.15, -0.1) is 0 Å². The molecular weight excluding hydrogens is 134 g/mol. The molecule has 1 atom stereocenters. The Morgan fingerprint density at radius 1 is 1.55 bits per heavy atom. The van der Waals surface area contributed by atoms with Crippen molar-refractivity contribution in [1.82, 2.24) is 0 Å². The van der Waals surface area contributed by atoms with Crippen molar-refractivity contribution in [2.24, 2.45) is 5.92 Å². The fourth-order valence-electron chi connectivity index (χ4n) is 0.867. The first-order valence-corrected chi connectivity index (χ1v) is 3.89. The zero-order chi connectivity index (χ0) is 8.85. The molecule has 0 fully saturated rings. The lowest BCUT2D eigenvalue weighted by Gasteiger charge is -2.10. The third kappa shape index (κ3) is 4.54. The van der Waals surface area contributed by atoms with Gasteiger partial charge in [-0.3, -0.25) is 0 Å². The van der Waals surface area contributed by atoms with E-state index in [4.69, 9.17) is 5.41 Å². The molecule has 0 aliphatic heterocycles. The Balaban J connectivity index is 3.94. The Morgan fingerprint density at radius 2 is 2.09 bits per heavy atom. The van der Waals surface area contributed by atoms with E-state index in [1.165, 1.54) is 17.4 Å². The first kappa shape index (κ1) is 10.2. The van der Waals surface area contributed by atoms with E-state index >= 15 is 0 Å². The Hall–Kier alpha value is -0.850. The van der Waals surface area contributed by atoms with E-state index in [2.05, 4.69) is 13.5 Å². The molecule has 0 rings (SSSR count). The molecule has 0 saturated heterocycles. The average molecular weight is 151 g/mol. The maximum atomic E-state index is 6.86. The van der Waals surface area contributed by atoms with Gasteiger partial charge in [0.25, 0.3) is 0 Å². The van der Waals surface area contributed by atoms with Gasteiger partial charge in [-0.25, -0.2) is 0 Å². The topological polar surface area (TPSA) is 23.9 Å². The van der Waals surface area contributed by atoms with Gasteiger partial charge in [-0.1, -0.05) is 24.6 Å². The van der Waals surface area contributed by atoms with Crippen LogP contribution in [0, 0.1) is 11.3 Å². The lowest BCUT2D eigenvalue weighted by molar-refractivity contribution is 0.675. The number of nitrogens with one attached hydrogen (secondary N) is 1. The number of rotatable bonds is 4. The van der Waals surface area contributed by atoms with Crippen LogP contribution in [0.1, 0.15) is 27.2 Å². The molecule has 0 heterocycles. The molecule has 62 valence electrons. The fraction of sp³-hybridized carbons (Fsp3) is 0.500. The second-order valence-corrected chi connectivity index (χ2v) is 3.13. The van der Waals surface area contributed by atoms with Crippen molar-refractivity contribution in [1.29, 1.82) is 5.41 Å². The summed E-state index contributed by atoms with van der Waals surface area (Å²) >= 11 is 0. The van der Waals surface area contributed by atoms with E-state index in [1.807, 2.05) is 19.9 Å². The minimum Gasteiger partial charge on any atom is -0.309 e. The molecule has 0 amide bonds. The van der Waals surface area contributed by atoms with Crippen LogP contribution in [0.4, 0.5) is 0 Å². The highest BCUT2D eigenvalue weighted by molar-refractivity contribution is 5.68. The van der Waals surface area contributed by atoms with Crippen molar-refractivity contribution < 1.29 is 0 Å². The lowest BCUT2D eigenvalue weighted by atomic mass is 9.96. The molecule has 0 aliphatic carbocycles. The highest BCUT2D eigenvalue weighted by atomic mass is 14.3. The molecule has 0 aromatic heterocycles. The van der Waals surface area contributed by atoms with Crippen LogP contribution < -0.4 is 0 Å². The molecule has 0 saturated carbocycles. The SMILES string of the molecule is C=C(C)C(C)C/C(C)=C\C=N. The molecule has 1 unspecified atom stereocenters. The number of hydrogen-bond donors (Lipinski definition) is 1. The second kappa shape index (κ2) is 4.89. The minimum absolute atomic E-state index is 0.534. The van der Waals surface area contributed by atoms with Crippen LogP contribution in [0.2, 0.25) is 0 Å². The summed E-state index contributed by atoms with van der Waals surface area (Å²) in [4.78, 5) is 0. The van der Waals surface area contributed by atoms with E-state index in [0.717, 1.165) is 6.42 Å². The highest BCUT2D eigenvalue weighted by Gasteiger charge is 2.01. The molecular formula is C10H17N. The monoisotopic (exact) mass is 151 g/mol. The third-order valence-electron chi connectivity index (χ3n) is 1.84. The molecule has 0 radical (unpaired) electrons. The van der Waals surface area contributed by atoms with Gasteiger partial charge in [0.15, 0.2) is 0 Å². The van der Waals surface area contributed by atoms with Gasteiger partial charge in [0.2, 0.25) is 0 Å². The van der Waals surface area contributed by atoms with Crippen LogP contribution in [0.25, 0.3) is 0 Å². The van der Waals surface area contributed by atoms with Crippen LogP contribution in [0.3, 0.4) is 0 Å². The third-order valence-corrected chi connectivity index (χ3v) is 1.84. The highest BCUT2D eigenvalue weighted by Crippen LogP contribution is 2.16. The van der Waals surface area contributed by atoms with Crippen LogP contribution >= 0.6 is 0 Å². The van der Waals surface area contributed by atoms with E-state index < -0.39 is 0 Å². The number of hydrogen-bond acceptors (Lipinski definition) is 1. The van der Waals surface area contributed by atoms with Crippen molar-refractivity contribution in [3.63, 3.8) is 0 Å². The van der Waals surface area contributed by atoms with Crippen LogP contribution in [0.5, 0.6) is 0 Å². The van der Waals surface area contributed by atoms with E-state index in [0.29, 0.717) is 5.92 Å². The van der Waals surface area contributed by atoms with Gasteiger partial charge in [0, 0.05) is 6.21 Å². The predicted molar refractivity (Wildman–Crippen MR) is 51.1 cm³/mol. The lowest BCUT2D eigenvalue weighted by Crippen LogP contribution is -1.95. The van der Waals surface area contributed by atoms with Crippen LogP contribution in [0.15, 0.2) is 23.8 Å². The van der Waals surface area contributed by atoms with Gasteiger partial charge in [0.05, 0.1) is 0 Å². The largest absolute Gasteiger partial charge is 0.309 e. The van der Waals surface area contributed by atoms with Gasteiger partial charge < -0.3 is 5.41 Å². The fourth-order valence-corrected chi connectivity index (χ4v) is 0.867. The molecule has 1 N–H and O–H groups in total. The summed E-state index contributed by atoms with van der Waals surface area (Å²) in [5, 5.41) is 6.86. The van der Waals surface area contributed by atoms with Crippen molar-refractivity contribution >= 4 is 6.21 Å². The second-order valence-electron chi connectivity index (χ2n) is 3.13. The standard InChI is InChI=1S/C10H17N/c1-8(2)10(4)7-9(3)5-6-11/h5-6,10-11H,1,7H2,2-4H3/b9-5-,11-6?. The average Bonchev–Trinajstić information content (AvgIpc) is 1.87. The summed E-state index contributed by atoms with van der Waals surface area (Å²) in [6, 6.07) is 0. The molecule has 1 nitrogen and oxygen atoms in total. The molecule has 0 aliphatic rings. The van der Waals surface area contributed by atoms with E-state index in [1.54, 1.807) is 0 Å². The summed E-state index contributed by atoms with van der Waals surface area (Å²) in [6.45, 7) is 10.1. The Kier molecular flexibility index (Phi) is 4.51. The van der Waals surface area contributed by atoms with Crippen molar-refractivity contribution in [2.75, 3.05) is 0 Å².